The van der Waals surface area contributed by atoms with Crippen molar-refractivity contribution in [3.8, 4) is 5.75 Å². The predicted octanol–water partition coefficient (Wildman–Crippen LogP) is 3.50. The minimum atomic E-state index is 0.380. The lowest BCUT2D eigenvalue weighted by Crippen LogP contribution is -2.18. The van der Waals surface area contributed by atoms with Gasteiger partial charge in [0.2, 0.25) is 0 Å². The fourth-order valence-corrected chi connectivity index (χ4v) is 3.25. The topological polar surface area (TPSA) is 40.2 Å². The van der Waals surface area contributed by atoms with E-state index in [4.69, 9.17) is 10.5 Å². The van der Waals surface area contributed by atoms with Gasteiger partial charge in [0.05, 0.1) is 12.6 Å². The number of fused-ring (bicyclic) bond motifs is 1. The number of hydrogen-bond acceptors (Lipinski definition) is 2. The molecule has 2 N–H and O–H groups in total. The van der Waals surface area contributed by atoms with Crippen molar-refractivity contribution < 1.29 is 4.74 Å². The molecule has 110 valence electrons. The first-order chi connectivity index (χ1) is 9.42. The Kier molecular flexibility index (Phi) is 4.09. The molecule has 0 radical (unpaired) electrons. The number of methoxy groups -OCH3 is 1. The van der Waals surface area contributed by atoms with E-state index in [1.807, 2.05) is 0 Å². The molecule has 0 aliphatic heterocycles. The summed E-state index contributed by atoms with van der Waals surface area (Å²) in [5, 5.41) is 1.28. The standard InChI is InChI=1S/C17H26N2O/c1-10(2)15(9-18)16-12(4)19(5)17-11(3)7-13(20-6)8-14(16)17/h7-8,10,15H,9,18H2,1-6H3. The Labute approximate surface area is 121 Å². The van der Waals surface area contributed by atoms with E-state index in [1.54, 1.807) is 7.11 Å². The highest BCUT2D eigenvalue weighted by atomic mass is 16.5. The van der Waals surface area contributed by atoms with E-state index in [0.717, 1.165) is 5.75 Å². The molecule has 0 bridgehead atoms. The van der Waals surface area contributed by atoms with Crippen LogP contribution in [0.2, 0.25) is 0 Å². The summed E-state index contributed by atoms with van der Waals surface area (Å²) in [5.74, 6) is 1.82. The first-order valence-electron chi connectivity index (χ1n) is 7.25. The summed E-state index contributed by atoms with van der Waals surface area (Å²) in [7, 11) is 3.85. The number of nitrogens with zero attached hydrogens (tertiary/aromatic N) is 1. The summed E-state index contributed by atoms with van der Waals surface area (Å²) in [5.41, 5.74) is 11.3. The third-order valence-corrected chi connectivity index (χ3v) is 4.46. The van der Waals surface area contributed by atoms with E-state index in [-0.39, 0.29) is 0 Å². The van der Waals surface area contributed by atoms with Gasteiger partial charge in [-0.05, 0) is 49.6 Å². The average Bonchev–Trinajstić information content (AvgIpc) is 2.64. The molecule has 1 aromatic heterocycles. The van der Waals surface area contributed by atoms with Crippen molar-refractivity contribution >= 4 is 10.9 Å². The van der Waals surface area contributed by atoms with Crippen molar-refractivity contribution in [2.75, 3.05) is 13.7 Å². The maximum absolute atomic E-state index is 6.04. The lowest BCUT2D eigenvalue weighted by Gasteiger charge is -2.20. The summed E-state index contributed by atoms with van der Waals surface area (Å²) in [6, 6.07) is 4.24. The van der Waals surface area contributed by atoms with Crippen LogP contribution in [0.3, 0.4) is 0 Å². The van der Waals surface area contributed by atoms with Crippen molar-refractivity contribution in [1.29, 1.82) is 0 Å². The van der Waals surface area contributed by atoms with Crippen LogP contribution in [-0.4, -0.2) is 18.2 Å². The van der Waals surface area contributed by atoms with Crippen LogP contribution >= 0.6 is 0 Å². The molecule has 2 rings (SSSR count). The van der Waals surface area contributed by atoms with Crippen molar-refractivity contribution in [3.05, 3.63) is 29.0 Å². The minimum Gasteiger partial charge on any atom is -0.497 e. The maximum atomic E-state index is 6.04. The van der Waals surface area contributed by atoms with Crippen LogP contribution in [0.5, 0.6) is 5.75 Å². The van der Waals surface area contributed by atoms with Gasteiger partial charge in [0.1, 0.15) is 5.75 Å². The number of rotatable bonds is 4. The van der Waals surface area contributed by atoms with Crippen LogP contribution in [-0.2, 0) is 7.05 Å². The van der Waals surface area contributed by atoms with Crippen LogP contribution < -0.4 is 10.5 Å². The van der Waals surface area contributed by atoms with Crippen LogP contribution in [0.25, 0.3) is 10.9 Å². The van der Waals surface area contributed by atoms with Crippen molar-refractivity contribution in [2.45, 2.75) is 33.6 Å². The number of aryl methyl sites for hydroxylation is 2. The van der Waals surface area contributed by atoms with Crippen LogP contribution in [0.4, 0.5) is 0 Å². The van der Waals surface area contributed by atoms with Crippen LogP contribution in [0.15, 0.2) is 12.1 Å². The second-order valence-electron chi connectivity index (χ2n) is 5.98. The number of ether oxygens (including phenoxy) is 1. The summed E-state index contributed by atoms with van der Waals surface area (Å²) in [6.45, 7) is 9.48. The minimum absolute atomic E-state index is 0.380. The van der Waals surface area contributed by atoms with Gasteiger partial charge in [-0.25, -0.2) is 0 Å². The largest absolute Gasteiger partial charge is 0.497 e. The molecule has 1 atom stereocenters. The van der Waals surface area contributed by atoms with E-state index >= 15 is 0 Å². The van der Waals surface area contributed by atoms with Gasteiger partial charge in [-0.2, -0.15) is 0 Å². The zero-order chi connectivity index (χ0) is 15.0. The smallest absolute Gasteiger partial charge is 0.119 e. The van der Waals surface area contributed by atoms with E-state index < -0.39 is 0 Å². The first-order valence-corrected chi connectivity index (χ1v) is 7.25. The molecule has 0 saturated heterocycles. The molecule has 0 amide bonds. The molecular formula is C17H26N2O. The molecule has 0 aliphatic rings. The van der Waals surface area contributed by atoms with E-state index in [9.17, 15) is 0 Å². The maximum Gasteiger partial charge on any atom is 0.119 e. The highest BCUT2D eigenvalue weighted by Crippen LogP contribution is 2.37. The van der Waals surface area contributed by atoms with Crippen molar-refractivity contribution in [3.63, 3.8) is 0 Å². The fraction of sp³-hybridized carbons (Fsp3) is 0.529. The summed E-state index contributed by atoms with van der Waals surface area (Å²) < 4.78 is 7.72. The molecule has 3 heteroatoms. The molecule has 1 aromatic carbocycles. The zero-order valence-electron chi connectivity index (χ0n) is 13.4. The summed E-state index contributed by atoms with van der Waals surface area (Å²) in [6.07, 6.45) is 0. The third kappa shape index (κ3) is 2.20. The first kappa shape index (κ1) is 14.9. The van der Waals surface area contributed by atoms with Crippen molar-refractivity contribution in [2.24, 2.45) is 18.7 Å². The van der Waals surface area contributed by atoms with E-state index in [0.29, 0.717) is 18.4 Å². The third-order valence-electron chi connectivity index (χ3n) is 4.46. The summed E-state index contributed by atoms with van der Waals surface area (Å²) >= 11 is 0. The van der Waals surface area contributed by atoms with Gasteiger partial charge in [-0.3, -0.25) is 0 Å². The van der Waals surface area contributed by atoms with E-state index in [1.165, 1.54) is 27.7 Å². The molecule has 20 heavy (non-hydrogen) atoms. The molecule has 0 fully saturated rings. The van der Waals surface area contributed by atoms with Crippen LogP contribution in [0.1, 0.15) is 36.6 Å². The Morgan fingerprint density at radius 1 is 1.25 bits per heavy atom. The molecule has 0 saturated carbocycles. The fourth-order valence-electron chi connectivity index (χ4n) is 3.25. The second kappa shape index (κ2) is 5.49. The van der Waals surface area contributed by atoms with Gasteiger partial charge in [0.15, 0.2) is 0 Å². The average molecular weight is 274 g/mol. The monoisotopic (exact) mass is 274 g/mol. The molecule has 2 aromatic rings. The molecule has 0 aliphatic carbocycles. The van der Waals surface area contributed by atoms with Gasteiger partial charge in [0, 0.05) is 24.0 Å². The normalized spacial score (nSPS) is 13.2. The Bertz CT molecular complexity index is 626. The lowest BCUT2D eigenvalue weighted by molar-refractivity contribution is 0.415. The zero-order valence-corrected chi connectivity index (χ0v) is 13.4. The van der Waals surface area contributed by atoms with Gasteiger partial charge in [0.25, 0.3) is 0 Å². The molecule has 3 nitrogen and oxygen atoms in total. The molecule has 1 heterocycles. The number of hydrogen-bond donors (Lipinski definition) is 1. The number of aromatic nitrogens is 1. The highest BCUT2D eigenvalue weighted by molar-refractivity contribution is 5.90. The Hall–Kier alpha value is -1.48. The molecular weight excluding hydrogens is 248 g/mol. The number of benzene rings is 1. The Morgan fingerprint density at radius 2 is 1.90 bits per heavy atom. The quantitative estimate of drug-likeness (QED) is 0.927. The van der Waals surface area contributed by atoms with Gasteiger partial charge in [-0.1, -0.05) is 13.8 Å². The lowest BCUT2D eigenvalue weighted by atomic mass is 9.86. The second-order valence-corrected chi connectivity index (χ2v) is 5.98. The predicted molar refractivity (Wildman–Crippen MR) is 85.6 cm³/mol. The molecule has 1 unspecified atom stereocenters. The number of nitrogens with two attached hydrogens (primary N) is 1. The Balaban J connectivity index is 2.83. The van der Waals surface area contributed by atoms with Gasteiger partial charge in [-0.15, -0.1) is 0 Å². The molecule has 0 spiro atoms. The SMILES string of the molecule is COc1cc(C)c2c(c1)c(C(CN)C(C)C)c(C)n2C. The van der Waals surface area contributed by atoms with E-state index in [2.05, 4.69) is 51.4 Å². The van der Waals surface area contributed by atoms with Gasteiger partial charge < -0.3 is 15.0 Å². The van der Waals surface area contributed by atoms with Gasteiger partial charge >= 0.3 is 0 Å². The highest BCUT2D eigenvalue weighted by Gasteiger charge is 2.23. The van der Waals surface area contributed by atoms with Crippen LogP contribution in [0, 0.1) is 19.8 Å². The summed E-state index contributed by atoms with van der Waals surface area (Å²) in [4.78, 5) is 0. The Morgan fingerprint density at radius 3 is 2.40 bits per heavy atom. The van der Waals surface area contributed by atoms with Crippen molar-refractivity contribution in [1.82, 2.24) is 4.57 Å².